The number of halogens is 1. The first-order valence-electron chi connectivity index (χ1n) is 6.76. The van der Waals surface area contributed by atoms with Crippen molar-refractivity contribution < 1.29 is 14.3 Å². The summed E-state index contributed by atoms with van der Waals surface area (Å²) in [6.07, 6.45) is 3.59. The summed E-state index contributed by atoms with van der Waals surface area (Å²) in [7, 11) is 3.15. The van der Waals surface area contributed by atoms with Gasteiger partial charge in [0.25, 0.3) is 5.91 Å². The molecule has 7 heteroatoms. The first-order chi connectivity index (χ1) is 10.6. The van der Waals surface area contributed by atoms with Gasteiger partial charge in [0, 0.05) is 30.4 Å². The molecule has 0 saturated heterocycles. The first-order valence-corrected chi connectivity index (χ1v) is 7.14. The minimum absolute atomic E-state index is 0.224. The summed E-state index contributed by atoms with van der Waals surface area (Å²) in [5.74, 6) is 0.221. The summed E-state index contributed by atoms with van der Waals surface area (Å²) in [6.45, 7) is 1.66. The smallest absolute Gasteiger partial charge is 0.255 e. The normalized spacial score (nSPS) is 10.5. The number of amides is 1. The molecule has 0 aliphatic heterocycles. The molecule has 1 aromatic carbocycles. The van der Waals surface area contributed by atoms with Gasteiger partial charge in [-0.2, -0.15) is 5.10 Å². The van der Waals surface area contributed by atoms with Crippen LogP contribution < -0.4 is 10.1 Å². The highest BCUT2D eigenvalue weighted by Crippen LogP contribution is 2.23. The summed E-state index contributed by atoms with van der Waals surface area (Å²) < 4.78 is 11.9. The molecule has 0 fully saturated rings. The second-order valence-electron chi connectivity index (χ2n) is 4.63. The molecule has 22 heavy (non-hydrogen) atoms. The van der Waals surface area contributed by atoms with Gasteiger partial charge in [-0.05, 0) is 18.2 Å². The number of rotatable bonds is 7. The predicted molar refractivity (Wildman–Crippen MR) is 83.3 cm³/mol. The lowest BCUT2D eigenvalue weighted by atomic mass is 10.2. The van der Waals surface area contributed by atoms with E-state index in [1.165, 1.54) is 7.11 Å². The van der Waals surface area contributed by atoms with Crippen molar-refractivity contribution in [3.63, 3.8) is 0 Å². The SMILES string of the molecule is COCCn1cc(CNC(=O)c2ccc(Cl)cc2OC)cn1. The van der Waals surface area contributed by atoms with Crippen molar-refractivity contribution in [3.05, 3.63) is 46.7 Å². The van der Waals surface area contributed by atoms with Gasteiger partial charge in [0.2, 0.25) is 0 Å². The number of carbonyl (C=O) groups is 1. The van der Waals surface area contributed by atoms with Gasteiger partial charge in [-0.25, -0.2) is 0 Å². The van der Waals surface area contributed by atoms with E-state index in [1.54, 1.807) is 36.2 Å². The molecule has 1 amide bonds. The third-order valence-electron chi connectivity index (χ3n) is 3.07. The van der Waals surface area contributed by atoms with Crippen LogP contribution in [0.15, 0.2) is 30.6 Å². The number of aromatic nitrogens is 2. The molecule has 0 saturated carbocycles. The lowest BCUT2D eigenvalue weighted by molar-refractivity contribution is 0.0948. The van der Waals surface area contributed by atoms with Crippen molar-refractivity contribution in [2.45, 2.75) is 13.1 Å². The van der Waals surface area contributed by atoms with Crippen LogP contribution in [0.25, 0.3) is 0 Å². The summed E-state index contributed by atoms with van der Waals surface area (Å²) in [6, 6.07) is 4.90. The second kappa shape index (κ2) is 7.82. The van der Waals surface area contributed by atoms with Gasteiger partial charge < -0.3 is 14.8 Å². The van der Waals surface area contributed by atoms with Gasteiger partial charge in [0.1, 0.15) is 5.75 Å². The van der Waals surface area contributed by atoms with Gasteiger partial charge in [0.15, 0.2) is 0 Å². The molecule has 0 bridgehead atoms. The minimum Gasteiger partial charge on any atom is -0.496 e. The highest BCUT2D eigenvalue weighted by molar-refractivity contribution is 6.30. The van der Waals surface area contributed by atoms with E-state index in [2.05, 4.69) is 10.4 Å². The average Bonchev–Trinajstić information content (AvgIpc) is 2.98. The molecule has 1 heterocycles. The van der Waals surface area contributed by atoms with E-state index in [1.807, 2.05) is 6.20 Å². The van der Waals surface area contributed by atoms with Crippen LogP contribution in [-0.2, 0) is 17.8 Å². The molecular weight excluding hydrogens is 306 g/mol. The number of ether oxygens (including phenoxy) is 2. The van der Waals surface area contributed by atoms with Crippen molar-refractivity contribution in [1.82, 2.24) is 15.1 Å². The molecule has 0 aliphatic carbocycles. The molecule has 2 rings (SSSR count). The van der Waals surface area contributed by atoms with Crippen LogP contribution in [-0.4, -0.2) is 36.5 Å². The van der Waals surface area contributed by atoms with Crippen LogP contribution in [0.2, 0.25) is 5.02 Å². The highest BCUT2D eigenvalue weighted by Gasteiger charge is 2.12. The van der Waals surface area contributed by atoms with E-state index in [-0.39, 0.29) is 5.91 Å². The van der Waals surface area contributed by atoms with Gasteiger partial charge in [-0.15, -0.1) is 0 Å². The van der Waals surface area contributed by atoms with Gasteiger partial charge in [-0.3, -0.25) is 9.48 Å². The maximum atomic E-state index is 12.2. The number of nitrogens with one attached hydrogen (secondary N) is 1. The average molecular weight is 324 g/mol. The molecule has 1 N–H and O–H groups in total. The Morgan fingerprint density at radius 2 is 2.23 bits per heavy atom. The Labute approximate surface area is 134 Å². The molecule has 118 valence electrons. The van der Waals surface area contributed by atoms with Crippen molar-refractivity contribution >= 4 is 17.5 Å². The first kappa shape index (κ1) is 16.3. The zero-order valence-electron chi connectivity index (χ0n) is 12.5. The van der Waals surface area contributed by atoms with Crippen molar-refractivity contribution in [1.29, 1.82) is 0 Å². The zero-order chi connectivity index (χ0) is 15.9. The summed E-state index contributed by atoms with van der Waals surface area (Å²) in [4.78, 5) is 12.2. The largest absolute Gasteiger partial charge is 0.496 e. The number of methoxy groups -OCH3 is 2. The van der Waals surface area contributed by atoms with Crippen molar-refractivity contribution in [3.8, 4) is 5.75 Å². The van der Waals surface area contributed by atoms with Crippen LogP contribution >= 0.6 is 11.6 Å². The van der Waals surface area contributed by atoms with Crippen LogP contribution in [0, 0.1) is 0 Å². The maximum Gasteiger partial charge on any atom is 0.255 e. The number of benzene rings is 1. The summed E-state index contributed by atoms with van der Waals surface area (Å²) >= 11 is 5.88. The summed E-state index contributed by atoms with van der Waals surface area (Å²) in [5.41, 5.74) is 1.36. The Morgan fingerprint density at radius 1 is 1.41 bits per heavy atom. The molecule has 2 aromatic rings. The van der Waals surface area contributed by atoms with Gasteiger partial charge >= 0.3 is 0 Å². The van der Waals surface area contributed by atoms with E-state index in [0.717, 1.165) is 5.56 Å². The standard InChI is InChI=1S/C15H18ClN3O3/c1-21-6-5-19-10-11(9-18-19)8-17-15(20)13-4-3-12(16)7-14(13)22-2/h3-4,7,9-10H,5-6,8H2,1-2H3,(H,17,20). The lowest BCUT2D eigenvalue weighted by Gasteiger charge is -2.09. The number of nitrogens with zero attached hydrogens (tertiary/aromatic N) is 2. The van der Waals surface area contributed by atoms with Crippen molar-refractivity contribution in [2.24, 2.45) is 0 Å². The third kappa shape index (κ3) is 4.22. The topological polar surface area (TPSA) is 65.4 Å². The fourth-order valence-corrected chi connectivity index (χ4v) is 2.10. The van der Waals surface area contributed by atoms with E-state index in [9.17, 15) is 4.79 Å². The molecule has 1 aromatic heterocycles. The Balaban J connectivity index is 1.96. The molecule has 0 spiro atoms. The quantitative estimate of drug-likeness (QED) is 0.847. The van der Waals surface area contributed by atoms with Gasteiger partial charge in [0.05, 0.1) is 32.0 Å². The Kier molecular flexibility index (Phi) is 5.80. The lowest BCUT2D eigenvalue weighted by Crippen LogP contribution is -2.23. The van der Waals surface area contributed by atoms with E-state index < -0.39 is 0 Å². The van der Waals surface area contributed by atoms with E-state index >= 15 is 0 Å². The minimum atomic E-state index is -0.224. The van der Waals surface area contributed by atoms with Crippen LogP contribution in [0.1, 0.15) is 15.9 Å². The number of hydrogen-bond donors (Lipinski definition) is 1. The highest BCUT2D eigenvalue weighted by atomic mass is 35.5. The van der Waals surface area contributed by atoms with Crippen LogP contribution in [0.5, 0.6) is 5.75 Å². The fraction of sp³-hybridized carbons (Fsp3) is 0.333. The third-order valence-corrected chi connectivity index (χ3v) is 3.31. The summed E-state index contributed by atoms with van der Waals surface area (Å²) in [5, 5.41) is 7.55. The predicted octanol–water partition coefficient (Wildman–Crippen LogP) is 2.12. The van der Waals surface area contributed by atoms with Crippen LogP contribution in [0.3, 0.4) is 0 Å². The van der Waals surface area contributed by atoms with Gasteiger partial charge in [-0.1, -0.05) is 11.6 Å². The molecule has 0 unspecified atom stereocenters. The Bertz CT molecular complexity index is 643. The van der Waals surface area contributed by atoms with E-state index in [0.29, 0.717) is 36.0 Å². The zero-order valence-corrected chi connectivity index (χ0v) is 13.3. The number of hydrogen-bond acceptors (Lipinski definition) is 4. The van der Waals surface area contributed by atoms with E-state index in [4.69, 9.17) is 21.1 Å². The molecule has 6 nitrogen and oxygen atoms in total. The Hall–Kier alpha value is -2.05. The van der Waals surface area contributed by atoms with Crippen LogP contribution in [0.4, 0.5) is 0 Å². The molecular formula is C15H18ClN3O3. The molecule has 0 aliphatic rings. The second-order valence-corrected chi connectivity index (χ2v) is 5.07. The maximum absolute atomic E-state index is 12.2. The van der Waals surface area contributed by atoms with Crippen molar-refractivity contribution in [2.75, 3.05) is 20.8 Å². The fourth-order valence-electron chi connectivity index (χ4n) is 1.93. The Morgan fingerprint density at radius 3 is 2.95 bits per heavy atom. The molecule has 0 radical (unpaired) electrons. The monoisotopic (exact) mass is 323 g/mol. The number of carbonyl (C=O) groups excluding carboxylic acids is 1. The molecule has 0 atom stereocenters.